The third-order valence-electron chi connectivity index (χ3n) is 4.97. The molecule has 0 atom stereocenters. The van der Waals surface area contributed by atoms with Crippen LogP contribution in [0, 0.1) is 6.92 Å². The number of carbonyl (C=O) groups excluding carboxylic acids is 1. The highest BCUT2D eigenvalue weighted by atomic mass is 32.2. The van der Waals surface area contributed by atoms with E-state index in [-0.39, 0.29) is 11.4 Å². The zero-order valence-corrected chi connectivity index (χ0v) is 18.7. The van der Waals surface area contributed by atoms with E-state index in [0.29, 0.717) is 21.8 Å². The molecule has 3 rings (SSSR count). The largest absolute Gasteiger partial charge is 0.416 e. The second kappa shape index (κ2) is 8.77. The van der Waals surface area contributed by atoms with E-state index in [0.717, 1.165) is 24.5 Å². The van der Waals surface area contributed by atoms with Crippen LogP contribution >= 0.6 is 0 Å². The molecule has 1 aromatic heterocycles. The Hall–Kier alpha value is -3.54. The number of sulfonamides is 1. The van der Waals surface area contributed by atoms with Crippen LogP contribution in [0.3, 0.4) is 0 Å². The smallest absolute Gasteiger partial charge is 0.318 e. The minimum Gasteiger partial charge on any atom is -0.318 e. The van der Waals surface area contributed by atoms with Crippen LogP contribution in [0.25, 0.3) is 5.69 Å². The number of benzene rings is 2. The molecule has 1 heterocycles. The van der Waals surface area contributed by atoms with Gasteiger partial charge >= 0.3 is 6.18 Å². The fourth-order valence-corrected chi connectivity index (χ4v) is 4.11. The molecular formula is C21H21F3N4O4S. The normalized spacial score (nSPS) is 11.9. The Kier molecular flexibility index (Phi) is 6.41. The third kappa shape index (κ3) is 5.11. The van der Waals surface area contributed by atoms with Crippen molar-refractivity contribution >= 4 is 27.3 Å². The van der Waals surface area contributed by atoms with E-state index in [1.54, 1.807) is 44.3 Å². The zero-order chi connectivity index (χ0) is 24.6. The van der Waals surface area contributed by atoms with Crippen molar-refractivity contribution in [3.8, 4) is 5.69 Å². The van der Waals surface area contributed by atoms with Gasteiger partial charge in [0.25, 0.3) is 5.56 Å². The molecular weight excluding hydrogens is 461 g/mol. The summed E-state index contributed by atoms with van der Waals surface area (Å²) in [7, 11) is -2.50. The second-order valence-corrected chi connectivity index (χ2v) is 9.21. The van der Waals surface area contributed by atoms with Gasteiger partial charge in [0, 0.05) is 7.05 Å². The van der Waals surface area contributed by atoms with E-state index in [1.807, 2.05) is 0 Å². The quantitative estimate of drug-likeness (QED) is 0.585. The summed E-state index contributed by atoms with van der Waals surface area (Å²) in [5.41, 5.74) is -1.03. The number of anilines is 2. The first-order valence-electron chi connectivity index (χ1n) is 9.59. The maximum atomic E-state index is 13.1. The summed E-state index contributed by atoms with van der Waals surface area (Å²) in [6.45, 7) is 0.775. The molecule has 0 spiro atoms. The molecule has 0 aliphatic heterocycles. The predicted molar refractivity (Wildman–Crippen MR) is 118 cm³/mol. The van der Waals surface area contributed by atoms with E-state index in [2.05, 4.69) is 5.32 Å². The van der Waals surface area contributed by atoms with Gasteiger partial charge in [-0.3, -0.25) is 18.6 Å². The first-order valence-corrected chi connectivity index (χ1v) is 11.4. The molecule has 0 saturated carbocycles. The summed E-state index contributed by atoms with van der Waals surface area (Å²) in [4.78, 5) is 25.6. The van der Waals surface area contributed by atoms with Crippen molar-refractivity contribution in [2.45, 2.75) is 13.1 Å². The first-order chi connectivity index (χ1) is 15.3. The monoisotopic (exact) mass is 482 g/mol. The number of nitrogens with one attached hydrogen (secondary N) is 1. The van der Waals surface area contributed by atoms with Gasteiger partial charge in [0.15, 0.2) is 0 Å². The number of hydrogen-bond donors (Lipinski definition) is 1. The van der Waals surface area contributed by atoms with Crippen molar-refractivity contribution in [3.05, 3.63) is 76.2 Å². The van der Waals surface area contributed by atoms with Crippen molar-refractivity contribution in [1.29, 1.82) is 0 Å². The van der Waals surface area contributed by atoms with Crippen LogP contribution < -0.4 is 15.2 Å². The summed E-state index contributed by atoms with van der Waals surface area (Å²) < 4.78 is 67.1. The van der Waals surface area contributed by atoms with Gasteiger partial charge in [0.05, 0.1) is 28.9 Å². The Morgan fingerprint density at radius 2 is 1.73 bits per heavy atom. The number of rotatable bonds is 6. The molecule has 0 unspecified atom stereocenters. The highest BCUT2D eigenvalue weighted by Crippen LogP contribution is 2.32. The second-order valence-electron chi connectivity index (χ2n) is 7.30. The van der Waals surface area contributed by atoms with Gasteiger partial charge in [-0.25, -0.2) is 13.1 Å². The Morgan fingerprint density at radius 3 is 2.30 bits per heavy atom. The van der Waals surface area contributed by atoms with Crippen molar-refractivity contribution in [2.75, 3.05) is 22.4 Å². The number of nitrogens with zero attached hydrogens (tertiary/aromatic N) is 3. The van der Waals surface area contributed by atoms with Gasteiger partial charge in [-0.15, -0.1) is 0 Å². The van der Waals surface area contributed by atoms with Crippen LogP contribution in [0.4, 0.5) is 24.5 Å². The molecule has 0 aliphatic carbocycles. The van der Waals surface area contributed by atoms with Gasteiger partial charge in [-0.05, 0) is 37.3 Å². The number of alkyl halides is 3. The summed E-state index contributed by atoms with van der Waals surface area (Å²) in [6, 6.07) is 12.3. The lowest BCUT2D eigenvalue weighted by Gasteiger charge is -2.22. The number of aromatic nitrogens is 2. The van der Waals surface area contributed by atoms with E-state index < -0.39 is 39.8 Å². The zero-order valence-electron chi connectivity index (χ0n) is 17.9. The molecule has 0 saturated heterocycles. The summed E-state index contributed by atoms with van der Waals surface area (Å²) in [5.74, 6) is -0.885. The van der Waals surface area contributed by atoms with E-state index in [4.69, 9.17) is 0 Å². The van der Waals surface area contributed by atoms with Crippen molar-refractivity contribution in [2.24, 2.45) is 7.05 Å². The number of amides is 1. The molecule has 1 amide bonds. The van der Waals surface area contributed by atoms with E-state index in [9.17, 15) is 31.2 Å². The lowest BCUT2D eigenvalue weighted by molar-refractivity contribution is -0.137. The van der Waals surface area contributed by atoms with Gasteiger partial charge in [0.2, 0.25) is 15.9 Å². The molecule has 3 aromatic rings. The fraction of sp³-hybridized carbons (Fsp3) is 0.238. The third-order valence-corrected chi connectivity index (χ3v) is 6.11. The molecule has 176 valence electrons. The minimum atomic E-state index is -4.69. The molecule has 0 radical (unpaired) electrons. The number of hydrogen-bond acceptors (Lipinski definition) is 4. The molecule has 0 fully saturated rings. The topological polar surface area (TPSA) is 93.4 Å². The number of carbonyl (C=O) groups is 1. The number of halogens is 3. The molecule has 0 bridgehead atoms. The van der Waals surface area contributed by atoms with Crippen molar-refractivity contribution in [3.63, 3.8) is 0 Å². The summed E-state index contributed by atoms with van der Waals surface area (Å²) in [6.07, 6.45) is -3.91. The summed E-state index contributed by atoms with van der Waals surface area (Å²) >= 11 is 0. The van der Waals surface area contributed by atoms with Gasteiger partial charge in [-0.2, -0.15) is 13.2 Å². The average Bonchev–Trinajstić information content (AvgIpc) is 2.94. The maximum Gasteiger partial charge on any atom is 0.416 e. The first kappa shape index (κ1) is 24.1. The standard InChI is InChI=1S/C21H21F3N4O4S/c1-14-19(20(30)28(26(14)2)16-9-5-4-6-10-16)25-18(29)13-27(33(3,31)32)17-11-7-8-15(12-17)21(22,23)24/h4-12H,13H2,1-3H3,(H,25,29). The fourth-order valence-electron chi connectivity index (χ4n) is 3.26. The Morgan fingerprint density at radius 1 is 1.09 bits per heavy atom. The van der Waals surface area contributed by atoms with Gasteiger partial charge < -0.3 is 5.32 Å². The maximum absolute atomic E-state index is 13.1. The summed E-state index contributed by atoms with van der Waals surface area (Å²) in [5, 5.41) is 2.41. The van der Waals surface area contributed by atoms with Gasteiger partial charge in [0.1, 0.15) is 12.2 Å². The van der Waals surface area contributed by atoms with Crippen LogP contribution in [0.2, 0.25) is 0 Å². The van der Waals surface area contributed by atoms with Crippen molar-refractivity contribution < 1.29 is 26.4 Å². The van der Waals surface area contributed by atoms with E-state index in [1.165, 1.54) is 9.36 Å². The van der Waals surface area contributed by atoms with Gasteiger partial charge in [-0.1, -0.05) is 24.3 Å². The SMILES string of the molecule is Cc1c(NC(=O)CN(c2cccc(C(F)(F)F)c2)S(C)(=O)=O)c(=O)n(-c2ccccc2)n1C. The molecule has 8 nitrogen and oxygen atoms in total. The molecule has 0 aliphatic rings. The predicted octanol–water partition coefficient (Wildman–Crippen LogP) is 2.91. The van der Waals surface area contributed by atoms with Crippen LogP contribution in [0.15, 0.2) is 59.4 Å². The van der Waals surface area contributed by atoms with Crippen molar-refractivity contribution in [1.82, 2.24) is 9.36 Å². The average molecular weight is 482 g/mol. The van der Waals surface area contributed by atoms with E-state index >= 15 is 0 Å². The Balaban J connectivity index is 1.93. The van der Waals surface area contributed by atoms with Crippen LogP contribution in [0.1, 0.15) is 11.3 Å². The molecule has 33 heavy (non-hydrogen) atoms. The minimum absolute atomic E-state index is 0.0659. The van der Waals surface area contributed by atoms with Crippen LogP contribution in [-0.2, 0) is 28.0 Å². The molecule has 12 heteroatoms. The lowest BCUT2D eigenvalue weighted by atomic mass is 10.2. The molecule has 2 aromatic carbocycles. The number of para-hydroxylation sites is 1. The van der Waals surface area contributed by atoms with Crippen LogP contribution in [-0.4, -0.2) is 36.5 Å². The Labute approximate surface area is 187 Å². The molecule has 1 N–H and O–H groups in total. The lowest BCUT2D eigenvalue weighted by Crippen LogP contribution is -2.38. The highest BCUT2D eigenvalue weighted by Gasteiger charge is 2.32. The van der Waals surface area contributed by atoms with Crippen LogP contribution in [0.5, 0.6) is 0 Å². The Bertz CT molecular complexity index is 1350. The highest BCUT2D eigenvalue weighted by molar-refractivity contribution is 7.92.